The zero-order chi connectivity index (χ0) is 13.0. The Hall–Kier alpha value is -0.820. The third-order valence-electron chi connectivity index (χ3n) is 2.23. The molecular weight excluding hydrogens is 194 g/mol. The first-order valence-corrected chi connectivity index (χ1v) is 6.43. The highest BCUT2D eigenvalue weighted by Crippen LogP contribution is 2.18. The van der Waals surface area contributed by atoms with Gasteiger partial charge in [-0.2, -0.15) is 0 Å². The first-order valence-electron chi connectivity index (χ1n) is 6.43. The molecule has 0 atom stereocenters. The van der Waals surface area contributed by atoms with E-state index in [1.807, 2.05) is 33.8 Å². The molecule has 0 fully saturated rings. The maximum Gasteiger partial charge on any atom is 0.0233 e. The third-order valence-corrected chi connectivity index (χ3v) is 2.23. The number of hydrogen-bond donors (Lipinski definition) is 0. The van der Waals surface area contributed by atoms with Crippen LogP contribution in [0.25, 0.3) is 0 Å². The van der Waals surface area contributed by atoms with Gasteiger partial charge < -0.3 is 4.90 Å². The molecule has 0 aromatic carbocycles. The minimum absolute atomic E-state index is 1.06. The average Bonchev–Trinajstić information content (AvgIpc) is 2.35. The van der Waals surface area contributed by atoms with Crippen LogP contribution in [0.2, 0.25) is 0 Å². The lowest BCUT2D eigenvalue weighted by molar-refractivity contribution is 0.354. The number of hydrogen-bond acceptors (Lipinski definition) is 1. The van der Waals surface area contributed by atoms with Crippen LogP contribution >= 0.6 is 0 Å². The predicted octanol–water partition coefficient (Wildman–Crippen LogP) is 4.43. The largest absolute Gasteiger partial charge is 0.302 e. The molecule has 0 saturated carbocycles. The first-order chi connectivity index (χ1) is 7.77. The number of rotatable bonds is 2. The van der Waals surface area contributed by atoms with Crippen LogP contribution in [-0.2, 0) is 0 Å². The van der Waals surface area contributed by atoms with Crippen LogP contribution < -0.4 is 0 Å². The Morgan fingerprint density at radius 2 is 1.69 bits per heavy atom. The fourth-order valence-electron chi connectivity index (χ4n) is 1.54. The Labute approximate surface area is 103 Å². The van der Waals surface area contributed by atoms with Crippen molar-refractivity contribution in [2.24, 2.45) is 0 Å². The van der Waals surface area contributed by atoms with Crippen molar-refractivity contribution in [3.05, 3.63) is 36.0 Å². The summed E-state index contributed by atoms with van der Waals surface area (Å²) in [5.74, 6) is 0. The molecule has 0 amide bonds. The highest BCUT2D eigenvalue weighted by molar-refractivity contribution is 5.35. The van der Waals surface area contributed by atoms with E-state index in [0.29, 0.717) is 0 Å². The molecule has 0 N–H and O–H groups in total. The van der Waals surface area contributed by atoms with Crippen molar-refractivity contribution in [3.63, 3.8) is 0 Å². The minimum atomic E-state index is 1.06. The lowest BCUT2D eigenvalue weighted by atomic mass is 10.0. The summed E-state index contributed by atoms with van der Waals surface area (Å²) in [5, 5.41) is 0. The first kappa shape index (κ1) is 17.6. The molecule has 0 saturated heterocycles. The molecule has 1 aliphatic heterocycles. The highest BCUT2D eigenvalue weighted by Gasteiger charge is 2.11. The lowest BCUT2D eigenvalue weighted by Crippen LogP contribution is -2.26. The highest BCUT2D eigenvalue weighted by atomic mass is 15.1. The summed E-state index contributed by atoms with van der Waals surface area (Å²) < 4.78 is 0. The summed E-state index contributed by atoms with van der Waals surface area (Å²) in [7, 11) is 2.16. The lowest BCUT2D eigenvalue weighted by Gasteiger charge is -2.24. The molecule has 1 rings (SSSR count). The second kappa shape index (κ2) is 12.3. The van der Waals surface area contributed by atoms with E-state index in [9.17, 15) is 0 Å². The molecule has 0 unspecified atom stereocenters. The molecular formula is C15H29N. The zero-order valence-corrected chi connectivity index (χ0v) is 12.0. The summed E-state index contributed by atoms with van der Waals surface area (Å²) >= 11 is 0. The van der Waals surface area contributed by atoms with Crippen molar-refractivity contribution in [2.75, 3.05) is 20.1 Å². The van der Waals surface area contributed by atoms with E-state index in [4.69, 9.17) is 0 Å². The normalized spacial score (nSPS) is 16.1. The van der Waals surface area contributed by atoms with E-state index >= 15 is 0 Å². The van der Waals surface area contributed by atoms with Gasteiger partial charge in [0, 0.05) is 13.1 Å². The maximum absolute atomic E-state index is 3.83. The van der Waals surface area contributed by atoms with Crippen LogP contribution in [0, 0.1) is 0 Å². The summed E-state index contributed by atoms with van der Waals surface area (Å²) in [5.41, 5.74) is 2.83. The van der Waals surface area contributed by atoms with E-state index in [2.05, 4.69) is 37.6 Å². The van der Waals surface area contributed by atoms with E-state index in [-0.39, 0.29) is 0 Å². The molecule has 0 aromatic heterocycles. The van der Waals surface area contributed by atoms with Crippen molar-refractivity contribution < 1.29 is 0 Å². The molecule has 0 aliphatic carbocycles. The van der Waals surface area contributed by atoms with Gasteiger partial charge >= 0.3 is 0 Å². The second-order valence-corrected chi connectivity index (χ2v) is 3.24. The Morgan fingerprint density at radius 1 is 1.12 bits per heavy atom. The molecule has 1 aliphatic rings. The van der Waals surface area contributed by atoms with Crippen molar-refractivity contribution in [2.45, 2.75) is 41.0 Å². The van der Waals surface area contributed by atoms with Crippen molar-refractivity contribution in [1.82, 2.24) is 4.90 Å². The van der Waals surface area contributed by atoms with E-state index in [0.717, 1.165) is 19.5 Å². The molecule has 1 heterocycles. The SMILES string of the molecule is C=CC1=C(/C=C\C)CN(C)CC1.CC.CC. The van der Waals surface area contributed by atoms with Crippen molar-refractivity contribution >= 4 is 0 Å². The Kier molecular flexibility index (Phi) is 13.5. The smallest absolute Gasteiger partial charge is 0.0233 e. The summed E-state index contributed by atoms with van der Waals surface area (Å²) in [6, 6.07) is 0. The molecule has 94 valence electrons. The van der Waals surface area contributed by atoms with Crippen LogP contribution in [0.5, 0.6) is 0 Å². The monoisotopic (exact) mass is 223 g/mol. The number of allylic oxidation sites excluding steroid dienone is 2. The minimum Gasteiger partial charge on any atom is -0.302 e. The number of nitrogens with zero attached hydrogens (tertiary/aromatic N) is 1. The standard InChI is InChI=1S/C11H17N.2C2H6/c1-4-6-11-9-12(3)8-7-10(11)5-2;2*1-2/h4-6H,2,7-9H2,1,3H3;2*1-2H3/b6-4-;;. The molecule has 16 heavy (non-hydrogen) atoms. The third kappa shape index (κ3) is 6.62. The van der Waals surface area contributed by atoms with Crippen LogP contribution in [-0.4, -0.2) is 25.0 Å². The van der Waals surface area contributed by atoms with Gasteiger partial charge in [-0.05, 0) is 31.5 Å². The van der Waals surface area contributed by atoms with Gasteiger partial charge in [-0.1, -0.05) is 52.5 Å². The second-order valence-electron chi connectivity index (χ2n) is 3.24. The molecule has 0 aromatic rings. The fourth-order valence-corrected chi connectivity index (χ4v) is 1.54. The molecule has 1 nitrogen and oxygen atoms in total. The average molecular weight is 223 g/mol. The van der Waals surface area contributed by atoms with Gasteiger partial charge in [-0.15, -0.1) is 0 Å². The molecule has 0 radical (unpaired) electrons. The summed E-state index contributed by atoms with van der Waals surface area (Å²) in [4.78, 5) is 2.34. The molecule has 0 bridgehead atoms. The van der Waals surface area contributed by atoms with Gasteiger partial charge in [0.05, 0.1) is 0 Å². The summed E-state index contributed by atoms with van der Waals surface area (Å²) in [6.07, 6.45) is 7.41. The Morgan fingerprint density at radius 3 is 2.12 bits per heavy atom. The van der Waals surface area contributed by atoms with Crippen molar-refractivity contribution in [3.8, 4) is 0 Å². The van der Waals surface area contributed by atoms with Crippen LogP contribution in [0.4, 0.5) is 0 Å². The predicted molar refractivity (Wildman–Crippen MR) is 76.8 cm³/mol. The van der Waals surface area contributed by atoms with Gasteiger partial charge in [-0.25, -0.2) is 0 Å². The quantitative estimate of drug-likeness (QED) is 0.669. The fraction of sp³-hybridized carbons (Fsp3) is 0.600. The van der Waals surface area contributed by atoms with E-state index < -0.39 is 0 Å². The van der Waals surface area contributed by atoms with Crippen molar-refractivity contribution in [1.29, 1.82) is 0 Å². The van der Waals surface area contributed by atoms with E-state index in [1.54, 1.807) is 0 Å². The van der Waals surface area contributed by atoms with Gasteiger partial charge in [0.15, 0.2) is 0 Å². The zero-order valence-electron chi connectivity index (χ0n) is 12.0. The molecule has 0 spiro atoms. The van der Waals surface area contributed by atoms with Gasteiger partial charge in [0.2, 0.25) is 0 Å². The van der Waals surface area contributed by atoms with E-state index in [1.165, 1.54) is 11.1 Å². The molecule has 1 heteroatoms. The van der Waals surface area contributed by atoms with Gasteiger partial charge in [-0.3, -0.25) is 0 Å². The Bertz CT molecular complexity index is 224. The number of likely N-dealkylation sites (N-methyl/N-ethyl adjacent to an activating group) is 1. The summed E-state index contributed by atoms with van der Waals surface area (Å²) in [6.45, 7) is 16.1. The van der Waals surface area contributed by atoms with Gasteiger partial charge in [0.1, 0.15) is 0 Å². The van der Waals surface area contributed by atoms with Crippen LogP contribution in [0.3, 0.4) is 0 Å². The Balaban J connectivity index is 0. The van der Waals surface area contributed by atoms with Crippen LogP contribution in [0.15, 0.2) is 36.0 Å². The van der Waals surface area contributed by atoms with Crippen LogP contribution in [0.1, 0.15) is 41.0 Å². The maximum atomic E-state index is 3.83. The van der Waals surface area contributed by atoms with Gasteiger partial charge in [0.25, 0.3) is 0 Å². The topological polar surface area (TPSA) is 3.24 Å².